The third kappa shape index (κ3) is 5.50. The van der Waals surface area contributed by atoms with Gasteiger partial charge in [0.1, 0.15) is 0 Å². The normalized spacial score (nSPS) is 15.8. The highest BCUT2D eigenvalue weighted by atomic mass is 16.6. The molecule has 0 unspecified atom stereocenters. The van der Waals surface area contributed by atoms with Gasteiger partial charge in [0.15, 0.2) is 0 Å². The third-order valence-electron chi connectivity index (χ3n) is 3.38. The van der Waals surface area contributed by atoms with Crippen molar-refractivity contribution >= 4 is 24.1 Å². The zero-order chi connectivity index (χ0) is 18.7. The van der Waals surface area contributed by atoms with E-state index in [1.54, 1.807) is 41.5 Å². The molecule has 1 aliphatic rings. The van der Waals surface area contributed by atoms with Gasteiger partial charge in [-0.2, -0.15) is 0 Å². The summed E-state index contributed by atoms with van der Waals surface area (Å²) < 4.78 is 9.64. The van der Waals surface area contributed by atoms with Crippen LogP contribution in [-0.2, 0) is 19.1 Å². The van der Waals surface area contributed by atoms with Crippen LogP contribution in [-0.4, -0.2) is 60.1 Å². The molecular weight excluding hydrogens is 316 g/mol. The quantitative estimate of drug-likeness (QED) is 0.494. The molecule has 24 heavy (non-hydrogen) atoms. The monoisotopic (exact) mass is 342 g/mol. The molecule has 0 N–H and O–H groups in total. The molecule has 1 aliphatic heterocycles. The summed E-state index contributed by atoms with van der Waals surface area (Å²) in [4.78, 5) is 50.0. The van der Waals surface area contributed by atoms with Gasteiger partial charge in [-0.25, -0.2) is 9.59 Å². The van der Waals surface area contributed by atoms with Crippen molar-refractivity contribution in [1.29, 1.82) is 0 Å². The fourth-order valence-corrected chi connectivity index (χ4v) is 1.67. The Balaban J connectivity index is 2.49. The van der Waals surface area contributed by atoms with E-state index >= 15 is 0 Å². The number of carbonyl (C=O) groups is 4. The number of esters is 2. The second kappa shape index (κ2) is 7.19. The van der Waals surface area contributed by atoms with Crippen LogP contribution in [0.2, 0.25) is 0 Å². The van der Waals surface area contributed by atoms with E-state index in [9.17, 15) is 19.2 Å². The predicted molar refractivity (Wildman–Crippen MR) is 85.0 cm³/mol. The Bertz CT molecular complexity index is 474. The van der Waals surface area contributed by atoms with Crippen molar-refractivity contribution in [1.82, 2.24) is 9.80 Å². The minimum atomic E-state index is -0.769. The van der Waals surface area contributed by atoms with Crippen molar-refractivity contribution in [2.24, 2.45) is 10.8 Å². The van der Waals surface area contributed by atoms with E-state index in [4.69, 9.17) is 9.47 Å². The minimum Gasteiger partial charge on any atom is -0.376 e. The van der Waals surface area contributed by atoms with Gasteiger partial charge in [0, 0.05) is 26.2 Å². The molecule has 0 spiro atoms. The molecule has 0 aliphatic carbocycles. The van der Waals surface area contributed by atoms with Crippen LogP contribution in [0.25, 0.3) is 0 Å². The summed E-state index contributed by atoms with van der Waals surface area (Å²) in [6, 6.07) is 0. The number of rotatable bonds is 0. The van der Waals surface area contributed by atoms with E-state index in [0.717, 1.165) is 0 Å². The fraction of sp³-hybridized carbons (Fsp3) is 0.750. The van der Waals surface area contributed by atoms with Crippen molar-refractivity contribution < 1.29 is 28.7 Å². The molecule has 1 rings (SSSR count). The van der Waals surface area contributed by atoms with E-state index in [0.29, 0.717) is 0 Å². The first-order chi connectivity index (χ1) is 10.8. The van der Waals surface area contributed by atoms with Gasteiger partial charge in [0.2, 0.25) is 0 Å². The van der Waals surface area contributed by atoms with Crippen LogP contribution in [0.5, 0.6) is 0 Å². The fourth-order valence-electron chi connectivity index (χ4n) is 1.67. The number of nitrogens with zero attached hydrogens (tertiary/aromatic N) is 2. The lowest BCUT2D eigenvalue weighted by molar-refractivity contribution is -0.149. The Morgan fingerprint density at radius 1 is 0.625 bits per heavy atom. The zero-order valence-electron chi connectivity index (χ0n) is 15.2. The van der Waals surface area contributed by atoms with Crippen molar-refractivity contribution in [2.45, 2.75) is 41.5 Å². The van der Waals surface area contributed by atoms with E-state index in [1.165, 1.54) is 9.80 Å². The Morgan fingerprint density at radius 3 is 1.08 bits per heavy atom. The largest absolute Gasteiger partial charge is 0.417 e. The third-order valence-corrected chi connectivity index (χ3v) is 3.38. The molecular formula is C16H26N2O6. The van der Waals surface area contributed by atoms with Crippen LogP contribution >= 0.6 is 0 Å². The van der Waals surface area contributed by atoms with Gasteiger partial charge in [0.25, 0.3) is 0 Å². The lowest BCUT2D eigenvalue weighted by Gasteiger charge is -2.33. The summed E-state index contributed by atoms with van der Waals surface area (Å²) in [5, 5.41) is 0. The Hall–Kier alpha value is -2.12. The molecule has 136 valence electrons. The maximum absolute atomic E-state index is 11.9. The van der Waals surface area contributed by atoms with Gasteiger partial charge in [-0.1, -0.05) is 0 Å². The Kier molecular flexibility index (Phi) is 5.97. The maximum atomic E-state index is 11.9. The lowest BCUT2D eigenvalue weighted by Crippen LogP contribution is -2.52. The van der Waals surface area contributed by atoms with E-state index in [1.807, 2.05) is 0 Å². The standard InChI is InChI=1S/C16H26N2O6/c1-15(2,3)11(19)23-13(21)17-7-9-18(10-8-17)14(22)24-12(20)16(4,5)6/h7-10H2,1-6H3. The van der Waals surface area contributed by atoms with Crippen molar-refractivity contribution in [2.75, 3.05) is 26.2 Å². The minimum absolute atomic E-state index is 0.203. The molecule has 0 atom stereocenters. The number of hydrogen-bond donors (Lipinski definition) is 0. The Labute approximate surface area is 142 Å². The van der Waals surface area contributed by atoms with Crippen LogP contribution in [0, 0.1) is 10.8 Å². The van der Waals surface area contributed by atoms with E-state index in [2.05, 4.69) is 0 Å². The SMILES string of the molecule is CC(C)(C)C(=O)OC(=O)N1CCN(C(=O)OC(=O)C(C)(C)C)CC1. The van der Waals surface area contributed by atoms with Crippen molar-refractivity contribution in [3.8, 4) is 0 Å². The molecule has 0 aromatic rings. The molecule has 0 aromatic carbocycles. The number of hydrogen-bond acceptors (Lipinski definition) is 6. The van der Waals surface area contributed by atoms with Gasteiger partial charge in [-0.15, -0.1) is 0 Å². The van der Waals surface area contributed by atoms with Gasteiger partial charge >= 0.3 is 24.1 Å². The summed E-state index contributed by atoms with van der Waals surface area (Å²) in [7, 11) is 0. The van der Waals surface area contributed by atoms with E-state index in [-0.39, 0.29) is 26.2 Å². The topological polar surface area (TPSA) is 93.2 Å². The van der Waals surface area contributed by atoms with Crippen molar-refractivity contribution in [3.05, 3.63) is 0 Å². The molecule has 8 heteroatoms. The molecule has 0 bridgehead atoms. The number of amides is 2. The summed E-state index contributed by atoms with van der Waals surface area (Å²) in [5.41, 5.74) is -1.54. The van der Waals surface area contributed by atoms with Gasteiger partial charge in [0.05, 0.1) is 10.8 Å². The lowest BCUT2D eigenvalue weighted by atomic mass is 9.97. The van der Waals surface area contributed by atoms with E-state index < -0.39 is 35.0 Å². The highest BCUT2D eigenvalue weighted by molar-refractivity contribution is 5.88. The zero-order valence-corrected chi connectivity index (χ0v) is 15.2. The average molecular weight is 342 g/mol. The second-order valence-corrected chi connectivity index (χ2v) is 7.78. The second-order valence-electron chi connectivity index (χ2n) is 7.78. The van der Waals surface area contributed by atoms with Crippen LogP contribution in [0.15, 0.2) is 0 Å². The highest BCUT2D eigenvalue weighted by Gasteiger charge is 2.33. The Morgan fingerprint density at radius 2 is 0.875 bits per heavy atom. The van der Waals surface area contributed by atoms with Crippen LogP contribution in [0.3, 0.4) is 0 Å². The smallest absolute Gasteiger partial charge is 0.376 e. The molecule has 0 aromatic heterocycles. The first kappa shape index (κ1) is 19.9. The average Bonchev–Trinajstić information content (AvgIpc) is 2.45. The molecule has 1 fully saturated rings. The molecule has 0 radical (unpaired) electrons. The maximum Gasteiger partial charge on any atom is 0.417 e. The molecule has 0 saturated carbocycles. The van der Waals surface area contributed by atoms with Gasteiger partial charge in [-0.05, 0) is 41.5 Å². The predicted octanol–water partition coefficient (Wildman–Crippen LogP) is 2.02. The number of piperazine rings is 1. The molecule has 2 amide bonds. The van der Waals surface area contributed by atoms with Gasteiger partial charge in [-0.3, -0.25) is 9.59 Å². The van der Waals surface area contributed by atoms with Gasteiger partial charge < -0.3 is 19.3 Å². The summed E-state index contributed by atoms with van der Waals surface area (Å²) in [5.74, 6) is -1.21. The molecule has 1 saturated heterocycles. The summed E-state index contributed by atoms with van der Waals surface area (Å²) in [6.07, 6.45) is -1.46. The first-order valence-electron chi connectivity index (χ1n) is 7.85. The summed E-state index contributed by atoms with van der Waals surface area (Å²) in [6.45, 7) is 10.7. The first-order valence-corrected chi connectivity index (χ1v) is 7.85. The highest BCUT2D eigenvalue weighted by Crippen LogP contribution is 2.18. The summed E-state index contributed by atoms with van der Waals surface area (Å²) >= 11 is 0. The molecule has 8 nitrogen and oxygen atoms in total. The van der Waals surface area contributed by atoms with Crippen molar-refractivity contribution in [3.63, 3.8) is 0 Å². The number of carbonyl (C=O) groups excluding carboxylic acids is 4. The van der Waals surface area contributed by atoms with Crippen LogP contribution < -0.4 is 0 Å². The molecule has 1 heterocycles. The number of ether oxygens (including phenoxy) is 2. The van der Waals surface area contributed by atoms with Crippen LogP contribution in [0.4, 0.5) is 9.59 Å². The van der Waals surface area contributed by atoms with Crippen LogP contribution in [0.1, 0.15) is 41.5 Å².